The first-order valence-electron chi connectivity index (χ1n) is 16.6. The summed E-state index contributed by atoms with van der Waals surface area (Å²) in [5, 5.41) is 13.9. The van der Waals surface area contributed by atoms with Gasteiger partial charge >= 0.3 is 0 Å². The van der Waals surface area contributed by atoms with Gasteiger partial charge in [-0.25, -0.2) is 0 Å². The molecule has 2 aromatic heterocycles. The van der Waals surface area contributed by atoms with E-state index in [2.05, 4.69) is 128 Å². The van der Waals surface area contributed by atoms with Crippen molar-refractivity contribution in [2.45, 2.75) is 0 Å². The van der Waals surface area contributed by atoms with E-state index in [9.17, 15) is 4.79 Å². The van der Waals surface area contributed by atoms with Crippen LogP contribution in [0.15, 0.2) is 156 Å². The van der Waals surface area contributed by atoms with Gasteiger partial charge in [-0.1, -0.05) is 122 Å². The van der Waals surface area contributed by atoms with Crippen molar-refractivity contribution in [3.8, 4) is 22.3 Å². The number of rotatable bonds is 2. The number of nitrogens with zero attached hydrogens (tertiary/aromatic N) is 1. The molecule has 10 aromatic rings. The Balaban J connectivity index is 1.30. The van der Waals surface area contributed by atoms with Gasteiger partial charge < -0.3 is 0 Å². The Morgan fingerprint density at radius 1 is 0.388 bits per heavy atom. The lowest BCUT2D eigenvalue weighted by atomic mass is 9.94. The van der Waals surface area contributed by atoms with Crippen molar-refractivity contribution >= 4 is 72.7 Å². The molecule has 0 amide bonds. The first kappa shape index (κ1) is 27.6. The van der Waals surface area contributed by atoms with Crippen LogP contribution in [-0.4, -0.2) is 4.40 Å². The second-order valence-electron chi connectivity index (χ2n) is 13.1. The van der Waals surface area contributed by atoms with E-state index in [1.165, 1.54) is 21.5 Å². The van der Waals surface area contributed by atoms with E-state index in [1.54, 1.807) is 0 Å². The van der Waals surface area contributed by atoms with Crippen molar-refractivity contribution in [1.29, 1.82) is 0 Å². The van der Waals surface area contributed by atoms with Crippen LogP contribution in [0.4, 0.5) is 0 Å². The zero-order valence-electron chi connectivity index (χ0n) is 26.7. The molecule has 2 heteroatoms. The maximum Gasteiger partial charge on any atom is 0.263 e. The van der Waals surface area contributed by atoms with Crippen LogP contribution in [0.25, 0.3) is 94.9 Å². The molecule has 0 unspecified atom stereocenters. The first-order chi connectivity index (χ1) is 24.0. The minimum atomic E-state index is 0.0107. The van der Waals surface area contributed by atoms with Crippen LogP contribution in [-0.2, 0) is 0 Å². The van der Waals surface area contributed by atoms with E-state index in [1.807, 2.05) is 40.8 Å². The van der Waals surface area contributed by atoms with E-state index in [4.69, 9.17) is 0 Å². The fourth-order valence-electron chi connectivity index (χ4n) is 7.91. The number of aromatic nitrogens is 1. The third kappa shape index (κ3) is 4.04. The predicted octanol–water partition coefficient (Wildman–Crippen LogP) is 9.94. The normalized spacial score (nSPS) is 12.7. The summed E-state index contributed by atoms with van der Waals surface area (Å²) >= 11 is 0. The molecular weight excluding hydrogens is 595 g/mol. The molecule has 0 radical (unpaired) electrons. The van der Waals surface area contributed by atoms with Crippen molar-refractivity contribution in [3.63, 3.8) is 0 Å². The standard InChI is InChI=1S/C47H29NO/c1-28-9-3-5-11-36(28)40-23-32(16-15-29(40)2)33-21-22-45-42(25-33)44-27-35(26-43-38-13-7-8-14-39(38)47(49)48(45)46(43)44)34-20-19-31-18-17-30-10-4-6-12-37(30)41(31)24-34/h3-27H,1-2H2/b40-36-. The zero-order chi connectivity index (χ0) is 32.8. The summed E-state index contributed by atoms with van der Waals surface area (Å²) in [7, 11) is 0. The van der Waals surface area contributed by atoms with E-state index < -0.39 is 0 Å². The average Bonchev–Trinajstić information content (AvgIpc) is 3.48. The molecule has 8 aromatic carbocycles. The molecule has 0 N–H and O–H groups in total. The van der Waals surface area contributed by atoms with Crippen LogP contribution in [0.2, 0.25) is 0 Å². The van der Waals surface area contributed by atoms with Gasteiger partial charge in [-0.3, -0.25) is 9.20 Å². The van der Waals surface area contributed by atoms with Gasteiger partial charge in [0.2, 0.25) is 0 Å². The lowest BCUT2D eigenvalue weighted by Crippen LogP contribution is -2.12. The second-order valence-corrected chi connectivity index (χ2v) is 13.1. The van der Waals surface area contributed by atoms with E-state index >= 15 is 0 Å². The molecule has 10 rings (SSSR count). The van der Waals surface area contributed by atoms with Gasteiger partial charge in [0.05, 0.1) is 11.0 Å². The van der Waals surface area contributed by atoms with Crippen molar-refractivity contribution in [2.24, 2.45) is 0 Å². The Bertz CT molecular complexity index is 3280. The Kier molecular flexibility index (Phi) is 5.77. The molecule has 0 aliphatic heterocycles. The van der Waals surface area contributed by atoms with Gasteiger partial charge in [-0.2, -0.15) is 0 Å². The molecule has 0 spiro atoms. The fraction of sp³-hybridized carbons (Fsp3) is 0. The molecule has 0 saturated carbocycles. The Labute approximate surface area is 281 Å². The summed E-state index contributed by atoms with van der Waals surface area (Å²) in [4.78, 5) is 14.2. The maximum atomic E-state index is 14.2. The third-order valence-electron chi connectivity index (χ3n) is 10.3. The summed E-state index contributed by atoms with van der Waals surface area (Å²) in [6.45, 7) is 8.60. The highest BCUT2D eigenvalue weighted by Crippen LogP contribution is 2.40. The van der Waals surface area contributed by atoms with Gasteiger partial charge in [-0.15, -0.1) is 0 Å². The molecule has 0 bridgehead atoms. The summed E-state index contributed by atoms with van der Waals surface area (Å²) in [5.41, 5.74) is 6.34. The van der Waals surface area contributed by atoms with Crippen molar-refractivity contribution in [1.82, 2.24) is 4.40 Å². The lowest BCUT2D eigenvalue weighted by molar-refractivity contribution is 1.21. The van der Waals surface area contributed by atoms with Crippen LogP contribution in [0.1, 0.15) is 0 Å². The first-order valence-corrected chi connectivity index (χ1v) is 16.6. The zero-order valence-corrected chi connectivity index (χ0v) is 26.7. The molecule has 49 heavy (non-hydrogen) atoms. The molecule has 0 saturated heterocycles. The van der Waals surface area contributed by atoms with E-state index in [-0.39, 0.29) is 5.56 Å². The van der Waals surface area contributed by atoms with Gasteiger partial charge in [-0.05, 0) is 113 Å². The molecule has 228 valence electrons. The monoisotopic (exact) mass is 623 g/mol. The number of hydrogen-bond donors (Lipinski definition) is 0. The highest BCUT2D eigenvalue weighted by Gasteiger charge is 2.19. The van der Waals surface area contributed by atoms with Gasteiger partial charge in [0.15, 0.2) is 0 Å². The SMILES string of the molecule is C=c1cccc/c1=c1\cc(-c2ccc3c(c2)c2cc(-c4ccc5ccc6ccccc6c5c4)cc4c5ccccc5c(=O)n3c42)ccc1=C. The number of fused-ring (bicyclic) bond motifs is 8. The molecular formula is C47H29NO. The highest BCUT2D eigenvalue weighted by molar-refractivity contribution is 6.22. The van der Waals surface area contributed by atoms with E-state index in [0.717, 1.165) is 81.1 Å². The van der Waals surface area contributed by atoms with Crippen LogP contribution in [0, 0.1) is 10.4 Å². The molecule has 0 atom stereocenters. The fourth-order valence-corrected chi connectivity index (χ4v) is 7.91. The molecule has 0 fully saturated rings. The summed E-state index contributed by atoms with van der Waals surface area (Å²) in [6, 6.07) is 53.4. The second kappa shape index (κ2) is 10.2. The van der Waals surface area contributed by atoms with Crippen LogP contribution in [0.3, 0.4) is 0 Å². The van der Waals surface area contributed by atoms with Gasteiger partial charge in [0.1, 0.15) is 0 Å². The van der Waals surface area contributed by atoms with Crippen molar-refractivity contribution in [2.75, 3.05) is 0 Å². The van der Waals surface area contributed by atoms with Crippen molar-refractivity contribution in [3.05, 3.63) is 183 Å². The molecule has 0 aliphatic rings. The summed E-state index contributed by atoms with van der Waals surface area (Å²) in [5.74, 6) is 0. The van der Waals surface area contributed by atoms with Gasteiger partial charge in [0.25, 0.3) is 5.56 Å². The quantitative estimate of drug-likeness (QED) is 0.176. The number of hydrogen-bond acceptors (Lipinski definition) is 1. The smallest absolute Gasteiger partial charge is 0.263 e. The molecule has 2 nitrogen and oxygen atoms in total. The predicted molar refractivity (Wildman–Crippen MR) is 208 cm³/mol. The van der Waals surface area contributed by atoms with Crippen molar-refractivity contribution < 1.29 is 0 Å². The third-order valence-corrected chi connectivity index (χ3v) is 10.3. The molecule has 0 aliphatic carbocycles. The Hall–Kier alpha value is -6.51. The largest absolute Gasteiger partial charge is 0.275 e. The topological polar surface area (TPSA) is 21.5 Å². The lowest BCUT2D eigenvalue weighted by Gasteiger charge is -2.11. The maximum absolute atomic E-state index is 14.2. The minimum Gasteiger partial charge on any atom is -0.275 e. The number of benzene rings is 8. The summed E-state index contributed by atoms with van der Waals surface area (Å²) in [6.07, 6.45) is 0. The summed E-state index contributed by atoms with van der Waals surface area (Å²) < 4.78 is 1.92. The minimum absolute atomic E-state index is 0.0107. The number of pyridine rings is 1. The highest BCUT2D eigenvalue weighted by atomic mass is 16.1. The van der Waals surface area contributed by atoms with E-state index in [0.29, 0.717) is 0 Å². The Morgan fingerprint density at radius 2 is 0.939 bits per heavy atom. The van der Waals surface area contributed by atoms with Crippen LogP contribution >= 0.6 is 0 Å². The molecule has 2 heterocycles. The Morgan fingerprint density at radius 3 is 1.78 bits per heavy atom. The van der Waals surface area contributed by atoms with Crippen LogP contribution < -0.4 is 16.0 Å². The van der Waals surface area contributed by atoms with Gasteiger partial charge in [0, 0.05) is 21.5 Å². The van der Waals surface area contributed by atoms with Crippen LogP contribution in [0.5, 0.6) is 0 Å². The average molecular weight is 624 g/mol.